The van der Waals surface area contributed by atoms with Crippen molar-refractivity contribution in [3.05, 3.63) is 29.8 Å². The Hall–Kier alpha value is -4.32. The SMILES string of the molecule is CCCNC(=O)CC[C@H](NC(=O)COCCOCCNC(=O)COCCOCCNC(=O)CCCCCCCCCOc1ccc(C(=O)O)cc1)C(=O)O. The monoisotopic (exact) mass is 768 g/mol. The third kappa shape index (κ3) is 27.3. The first kappa shape index (κ1) is 47.7. The number of rotatable bonds is 35. The molecule has 0 unspecified atom stereocenters. The van der Waals surface area contributed by atoms with Crippen LogP contribution < -0.4 is 26.0 Å². The number of nitrogens with one attached hydrogen (secondary N) is 4. The van der Waals surface area contributed by atoms with Crippen molar-refractivity contribution in [1.82, 2.24) is 21.3 Å². The third-order valence-corrected chi connectivity index (χ3v) is 7.63. The summed E-state index contributed by atoms with van der Waals surface area (Å²) >= 11 is 0. The molecule has 1 atom stereocenters. The molecule has 0 bridgehead atoms. The van der Waals surface area contributed by atoms with E-state index in [2.05, 4.69) is 21.3 Å². The van der Waals surface area contributed by atoms with Crippen molar-refractivity contribution in [2.45, 2.75) is 83.6 Å². The summed E-state index contributed by atoms with van der Waals surface area (Å²) in [5, 5.41) is 28.6. The summed E-state index contributed by atoms with van der Waals surface area (Å²) in [5.74, 6) is -2.74. The fraction of sp³-hybridized carbons (Fsp3) is 0.676. The van der Waals surface area contributed by atoms with Gasteiger partial charge in [0.25, 0.3) is 0 Å². The number of hydrogen-bond donors (Lipinski definition) is 6. The van der Waals surface area contributed by atoms with E-state index in [1.807, 2.05) is 6.92 Å². The molecule has 0 radical (unpaired) electrons. The van der Waals surface area contributed by atoms with Crippen molar-refractivity contribution in [2.75, 3.05) is 79.1 Å². The lowest BCUT2D eigenvalue weighted by molar-refractivity contribution is -0.143. The zero-order chi connectivity index (χ0) is 39.7. The molecule has 0 aliphatic rings. The maximum absolute atomic E-state index is 12.0. The van der Waals surface area contributed by atoms with Gasteiger partial charge in [0, 0.05) is 32.5 Å². The summed E-state index contributed by atoms with van der Waals surface area (Å²) in [5.41, 5.74) is 0.237. The van der Waals surface area contributed by atoms with E-state index in [4.69, 9.17) is 28.8 Å². The van der Waals surface area contributed by atoms with Gasteiger partial charge in [0.05, 0.1) is 51.8 Å². The van der Waals surface area contributed by atoms with E-state index in [1.165, 1.54) is 12.1 Å². The van der Waals surface area contributed by atoms with Crippen molar-refractivity contribution in [2.24, 2.45) is 0 Å². The first-order valence-corrected chi connectivity index (χ1v) is 18.7. The topological polar surface area (TPSA) is 237 Å². The van der Waals surface area contributed by atoms with Gasteiger partial charge in [0.2, 0.25) is 23.6 Å². The average molecular weight is 769 g/mol. The normalized spacial score (nSPS) is 11.4. The Morgan fingerprint density at radius 1 is 0.574 bits per heavy atom. The molecular formula is C37H60N4O13. The molecule has 17 nitrogen and oxygen atoms in total. The predicted molar refractivity (Wildman–Crippen MR) is 197 cm³/mol. The second kappa shape index (κ2) is 32.1. The summed E-state index contributed by atoms with van der Waals surface area (Å²) in [6, 6.07) is 5.20. The molecule has 54 heavy (non-hydrogen) atoms. The lowest BCUT2D eigenvalue weighted by Gasteiger charge is -2.14. The van der Waals surface area contributed by atoms with Crippen LogP contribution in [0.25, 0.3) is 0 Å². The number of carboxylic acid groups (broad SMARTS) is 2. The molecule has 1 aromatic rings. The van der Waals surface area contributed by atoms with Crippen LogP contribution in [0.3, 0.4) is 0 Å². The number of aromatic carboxylic acids is 1. The lowest BCUT2D eigenvalue weighted by atomic mass is 10.1. The van der Waals surface area contributed by atoms with Crippen LogP contribution in [-0.2, 0) is 42.9 Å². The number of aliphatic carboxylic acids is 1. The summed E-state index contributed by atoms with van der Waals surface area (Å²) in [4.78, 5) is 69.7. The number of carbonyl (C=O) groups is 6. The van der Waals surface area contributed by atoms with Gasteiger partial charge < -0.3 is 55.2 Å². The van der Waals surface area contributed by atoms with Crippen molar-refractivity contribution >= 4 is 35.6 Å². The molecule has 6 N–H and O–H groups in total. The second-order valence-electron chi connectivity index (χ2n) is 12.3. The van der Waals surface area contributed by atoms with Gasteiger partial charge in [-0.05, 0) is 49.9 Å². The molecular weight excluding hydrogens is 708 g/mol. The second-order valence-corrected chi connectivity index (χ2v) is 12.3. The Bertz CT molecular complexity index is 1220. The molecule has 17 heteroatoms. The highest BCUT2D eigenvalue weighted by Gasteiger charge is 2.21. The van der Waals surface area contributed by atoms with Crippen molar-refractivity contribution < 1.29 is 62.7 Å². The molecule has 0 aliphatic heterocycles. The van der Waals surface area contributed by atoms with E-state index >= 15 is 0 Å². The minimum atomic E-state index is -1.23. The summed E-state index contributed by atoms with van der Waals surface area (Å²) in [7, 11) is 0. The number of ether oxygens (including phenoxy) is 5. The van der Waals surface area contributed by atoms with E-state index in [1.54, 1.807) is 12.1 Å². The summed E-state index contributed by atoms with van der Waals surface area (Å²) < 4.78 is 26.9. The Balaban J connectivity index is 1.86. The van der Waals surface area contributed by atoms with Crippen LogP contribution >= 0.6 is 0 Å². The fourth-order valence-electron chi connectivity index (χ4n) is 4.71. The quantitative estimate of drug-likeness (QED) is 0.0543. The highest BCUT2D eigenvalue weighted by molar-refractivity contribution is 5.87. The Kier molecular flexibility index (Phi) is 28.4. The van der Waals surface area contributed by atoms with Crippen molar-refractivity contribution in [3.8, 4) is 5.75 Å². The van der Waals surface area contributed by atoms with Gasteiger partial charge in [0.15, 0.2) is 0 Å². The minimum Gasteiger partial charge on any atom is -0.494 e. The van der Waals surface area contributed by atoms with Gasteiger partial charge in [-0.3, -0.25) is 19.2 Å². The van der Waals surface area contributed by atoms with Gasteiger partial charge in [-0.15, -0.1) is 0 Å². The molecule has 0 spiro atoms. The number of hydrogen-bond acceptors (Lipinski definition) is 11. The Labute approximate surface area is 317 Å². The maximum atomic E-state index is 12.0. The average Bonchev–Trinajstić information content (AvgIpc) is 3.15. The first-order valence-electron chi connectivity index (χ1n) is 18.7. The van der Waals surface area contributed by atoms with Gasteiger partial charge >= 0.3 is 11.9 Å². The van der Waals surface area contributed by atoms with E-state index in [0.717, 1.165) is 51.4 Å². The Morgan fingerprint density at radius 2 is 1.09 bits per heavy atom. The maximum Gasteiger partial charge on any atom is 0.335 e. The van der Waals surface area contributed by atoms with E-state index in [-0.39, 0.29) is 88.9 Å². The standard InChI is InChI=1S/C37H60N4O13/c1-2-17-38-33(43)16-15-31(37(48)49)41-35(45)28-53-26-24-51-22-19-40-34(44)27-52-25-23-50-21-18-39-32(42)10-8-6-4-3-5-7-9-20-54-30-13-11-29(12-14-30)36(46)47/h11-14,31H,2-10,15-28H2,1H3,(H,38,43)(H,39,42)(H,40,44)(H,41,45)(H,46,47)(H,48,49)/t31-/m0/s1. The zero-order valence-electron chi connectivity index (χ0n) is 31.5. The predicted octanol–water partition coefficient (Wildman–Crippen LogP) is 2.06. The van der Waals surface area contributed by atoms with Crippen molar-refractivity contribution in [1.29, 1.82) is 0 Å². The highest BCUT2D eigenvalue weighted by Crippen LogP contribution is 2.14. The number of carbonyl (C=O) groups excluding carboxylic acids is 4. The largest absolute Gasteiger partial charge is 0.494 e. The molecule has 0 saturated carbocycles. The van der Waals surface area contributed by atoms with Gasteiger partial charge in [-0.2, -0.15) is 0 Å². The van der Waals surface area contributed by atoms with E-state index in [9.17, 15) is 33.9 Å². The van der Waals surface area contributed by atoms with E-state index in [0.29, 0.717) is 38.5 Å². The molecule has 1 rings (SSSR count). The zero-order valence-corrected chi connectivity index (χ0v) is 31.5. The number of carboxylic acids is 2. The number of amides is 4. The molecule has 4 amide bonds. The third-order valence-electron chi connectivity index (χ3n) is 7.63. The van der Waals surface area contributed by atoms with Gasteiger partial charge in [-0.1, -0.05) is 39.0 Å². The Morgan fingerprint density at radius 3 is 1.69 bits per heavy atom. The minimum absolute atomic E-state index is 0.00698. The van der Waals surface area contributed by atoms with Crippen molar-refractivity contribution in [3.63, 3.8) is 0 Å². The number of benzene rings is 1. The van der Waals surface area contributed by atoms with Crippen LogP contribution in [0.15, 0.2) is 24.3 Å². The molecule has 1 aromatic carbocycles. The van der Waals surface area contributed by atoms with Crippen LogP contribution in [0.2, 0.25) is 0 Å². The first-order chi connectivity index (χ1) is 26.1. The van der Waals surface area contributed by atoms with Gasteiger partial charge in [-0.25, -0.2) is 9.59 Å². The lowest BCUT2D eigenvalue weighted by Crippen LogP contribution is -2.43. The molecule has 0 aliphatic carbocycles. The molecule has 306 valence electrons. The van der Waals surface area contributed by atoms with Gasteiger partial charge in [0.1, 0.15) is 25.0 Å². The molecule has 0 saturated heterocycles. The summed E-state index contributed by atoms with van der Waals surface area (Å²) in [6.45, 7) is 4.45. The van der Waals surface area contributed by atoms with Crippen LogP contribution in [0.5, 0.6) is 5.75 Å². The van der Waals surface area contributed by atoms with E-state index < -0.39 is 23.9 Å². The smallest absolute Gasteiger partial charge is 0.335 e. The molecule has 0 heterocycles. The highest BCUT2D eigenvalue weighted by atomic mass is 16.5. The van der Waals surface area contributed by atoms with Crippen LogP contribution in [0.4, 0.5) is 0 Å². The number of unbranched alkanes of at least 4 members (excludes halogenated alkanes) is 6. The molecule has 0 aromatic heterocycles. The fourth-order valence-corrected chi connectivity index (χ4v) is 4.71. The van der Waals surface area contributed by atoms with Crippen LogP contribution in [0.1, 0.15) is 87.9 Å². The summed E-state index contributed by atoms with van der Waals surface area (Å²) in [6.07, 6.45) is 8.28. The van der Waals surface area contributed by atoms with Crippen LogP contribution in [-0.4, -0.2) is 131 Å². The molecule has 0 fully saturated rings. The van der Waals surface area contributed by atoms with Crippen LogP contribution in [0, 0.1) is 0 Å².